The van der Waals surface area contributed by atoms with E-state index in [0.29, 0.717) is 17.6 Å². The van der Waals surface area contributed by atoms with Crippen LogP contribution in [0.15, 0.2) is 34.9 Å². The minimum absolute atomic E-state index is 0.0732. The lowest BCUT2D eigenvalue weighted by atomic mass is 9.97. The monoisotopic (exact) mass is 392 g/mol. The van der Waals surface area contributed by atoms with E-state index in [1.165, 1.54) is 6.08 Å². The Balaban J connectivity index is 3.22. The zero-order valence-corrected chi connectivity index (χ0v) is 17.7. The Morgan fingerprint density at radius 2 is 1.96 bits per heavy atom. The molecular weight excluding hydrogens is 360 g/mol. The van der Waals surface area contributed by atoms with Gasteiger partial charge < -0.3 is 14.6 Å². The van der Waals surface area contributed by atoms with E-state index in [1.807, 2.05) is 33.8 Å². The number of esters is 2. The maximum atomic E-state index is 12.6. The lowest BCUT2D eigenvalue weighted by Crippen LogP contribution is -2.39. The molecule has 1 rings (SSSR count). The van der Waals surface area contributed by atoms with E-state index in [-0.39, 0.29) is 18.8 Å². The highest BCUT2D eigenvalue weighted by atomic mass is 16.6. The van der Waals surface area contributed by atoms with Gasteiger partial charge in [-0.3, -0.25) is 9.59 Å². The Kier molecular flexibility index (Phi) is 9.32. The fourth-order valence-electron chi connectivity index (χ4n) is 2.67. The van der Waals surface area contributed by atoms with Crippen molar-refractivity contribution in [3.63, 3.8) is 0 Å². The molecule has 6 heteroatoms. The van der Waals surface area contributed by atoms with Crippen LogP contribution in [-0.2, 0) is 23.9 Å². The van der Waals surface area contributed by atoms with Crippen molar-refractivity contribution >= 4 is 17.7 Å². The maximum absolute atomic E-state index is 12.6. The topological polar surface area (TPSA) is 89.9 Å². The van der Waals surface area contributed by atoms with E-state index >= 15 is 0 Å². The Hall–Kier alpha value is -2.21. The Bertz CT molecular complexity index is 683. The van der Waals surface area contributed by atoms with Crippen LogP contribution in [-0.4, -0.2) is 41.1 Å². The van der Waals surface area contributed by atoms with Gasteiger partial charge in [0.15, 0.2) is 11.9 Å². The highest BCUT2D eigenvalue weighted by molar-refractivity contribution is 5.91. The number of carbonyl (C=O) groups excluding carboxylic acids is 3. The number of aliphatic hydroxyl groups is 1. The third-order valence-electron chi connectivity index (χ3n) is 4.70. The Morgan fingerprint density at radius 1 is 1.32 bits per heavy atom. The standard InChI is InChI=1S/C22H32O6/c1-7-14(4)18-11-9-15(5)20(25)21(28-19(24)12-13(2)3)17(23)10-8-16(6)22(26)27-18/h7-9,13,18,20-21,25H,10-12H2,1-6H3/t18-,20-,21-/m1/s1. The van der Waals surface area contributed by atoms with E-state index in [4.69, 9.17) is 9.47 Å². The summed E-state index contributed by atoms with van der Waals surface area (Å²) in [6, 6.07) is 0. The van der Waals surface area contributed by atoms with E-state index in [9.17, 15) is 19.5 Å². The number of carbonyl (C=O) groups is 3. The first kappa shape index (κ1) is 23.8. The molecular formula is C22H32O6. The molecule has 28 heavy (non-hydrogen) atoms. The van der Waals surface area contributed by atoms with Crippen molar-refractivity contribution in [2.45, 2.75) is 79.1 Å². The molecule has 0 spiro atoms. The van der Waals surface area contributed by atoms with E-state index < -0.39 is 36.0 Å². The van der Waals surface area contributed by atoms with Gasteiger partial charge in [0.1, 0.15) is 12.2 Å². The molecule has 0 aliphatic carbocycles. The summed E-state index contributed by atoms with van der Waals surface area (Å²) in [5.41, 5.74) is 1.67. The van der Waals surface area contributed by atoms with Crippen molar-refractivity contribution < 1.29 is 29.0 Å². The van der Waals surface area contributed by atoms with Gasteiger partial charge in [-0.25, -0.2) is 4.79 Å². The zero-order valence-electron chi connectivity index (χ0n) is 17.7. The predicted molar refractivity (Wildman–Crippen MR) is 106 cm³/mol. The molecule has 1 heterocycles. The number of Topliss-reactive ketones (excluding diaryl/α,β-unsaturated/α-hetero) is 1. The van der Waals surface area contributed by atoms with Crippen LogP contribution in [0.1, 0.15) is 60.8 Å². The molecule has 0 bridgehead atoms. The van der Waals surface area contributed by atoms with Crippen molar-refractivity contribution in [3.8, 4) is 0 Å². The average molecular weight is 392 g/mol. The van der Waals surface area contributed by atoms with Crippen LogP contribution in [0.2, 0.25) is 0 Å². The Labute approximate surface area is 167 Å². The first-order valence-corrected chi connectivity index (χ1v) is 9.64. The van der Waals surface area contributed by atoms with Crippen LogP contribution in [0.25, 0.3) is 0 Å². The summed E-state index contributed by atoms with van der Waals surface area (Å²) in [7, 11) is 0. The minimum Gasteiger partial charge on any atom is -0.454 e. The van der Waals surface area contributed by atoms with Crippen molar-refractivity contribution in [1.82, 2.24) is 0 Å². The second-order valence-electron chi connectivity index (χ2n) is 7.62. The first-order chi connectivity index (χ1) is 13.1. The fraction of sp³-hybridized carbons (Fsp3) is 0.591. The zero-order chi connectivity index (χ0) is 21.4. The largest absolute Gasteiger partial charge is 0.454 e. The summed E-state index contributed by atoms with van der Waals surface area (Å²) >= 11 is 0. The molecule has 0 saturated heterocycles. The van der Waals surface area contributed by atoms with Gasteiger partial charge in [-0.1, -0.05) is 32.1 Å². The van der Waals surface area contributed by atoms with Crippen LogP contribution in [0.4, 0.5) is 0 Å². The lowest BCUT2D eigenvalue weighted by Gasteiger charge is -2.24. The van der Waals surface area contributed by atoms with Gasteiger partial charge in [0.2, 0.25) is 0 Å². The molecule has 1 aliphatic heterocycles. The van der Waals surface area contributed by atoms with Gasteiger partial charge in [-0.05, 0) is 44.8 Å². The number of aliphatic hydroxyl groups excluding tert-OH is 1. The van der Waals surface area contributed by atoms with E-state index in [0.717, 1.165) is 5.57 Å². The lowest BCUT2D eigenvalue weighted by molar-refractivity contribution is -0.161. The molecule has 6 nitrogen and oxygen atoms in total. The number of cyclic esters (lactones) is 1. The molecule has 0 radical (unpaired) electrons. The van der Waals surface area contributed by atoms with Crippen LogP contribution >= 0.6 is 0 Å². The van der Waals surface area contributed by atoms with Gasteiger partial charge in [0.25, 0.3) is 0 Å². The molecule has 0 fully saturated rings. The number of hydrogen-bond acceptors (Lipinski definition) is 6. The SMILES string of the molecule is CC=C(C)[C@H]1CC=C(C)[C@@H](O)[C@H](OC(=O)CC(C)C)C(=O)CC=C(C)C(=O)O1. The van der Waals surface area contributed by atoms with Gasteiger partial charge >= 0.3 is 11.9 Å². The summed E-state index contributed by atoms with van der Waals surface area (Å²) in [6.45, 7) is 10.7. The summed E-state index contributed by atoms with van der Waals surface area (Å²) in [5, 5.41) is 10.7. The first-order valence-electron chi connectivity index (χ1n) is 9.64. The number of rotatable bonds is 4. The highest BCUT2D eigenvalue weighted by Gasteiger charge is 2.32. The third kappa shape index (κ3) is 7.08. The van der Waals surface area contributed by atoms with Crippen LogP contribution in [0.5, 0.6) is 0 Å². The summed E-state index contributed by atoms with van der Waals surface area (Å²) in [4.78, 5) is 37.0. The van der Waals surface area contributed by atoms with Crippen LogP contribution < -0.4 is 0 Å². The summed E-state index contributed by atoms with van der Waals surface area (Å²) in [5.74, 6) is -1.43. The predicted octanol–water partition coefficient (Wildman–Crippen LogP) is 3.44. The normalized spacial score (nSPS) is 25.3. The molecule has 156 valence electrons. The molecule has 0 saturated carbocycles. The second kappa shape index (κ2) is 11.0. The second-order valence-corrected chi connectivity index (χ2v) is 7.62. The molecule has 0 aromatic carbocycles. The maximum Gasteiger partial charge on any atom is 0.334 e. The fourth-order valence-corrected chi connectivity index (χ4v) is 2.67. The molecule has 3 atom stereocenters. The van der Waals surface area contributed by atoms with Crippen LogP contribution in [0.3, 0.4) is 0 Å². The molecule has 0 aromatic rings. The van der Waals surface area contributed by atoms with Gasteiger partial charge in [0.05, 0.1) is 0 Å². The average Bonchev–Trinajstić information content (AvgIpc) is 2.63. The molecule has 0 amide bonds. The number of allylic oxidation sites excluding steroid dienone is 2. The highest BCUT2D eigenvalue weighted by Crippen LogP contribution is 2.20. The number of hydrogen-bond donors (Lipinski definition) is 1. The number of ketones is 1. The van der Waals surface area contributed by atoms with Gasteiger partial charge in [0, 0.05) is 24.8 Å². The third-order valence-corrected chi connectivity index (χ3v) is 4.70. The summed E-state index contributed by atoms with van der Waals surface area (Å²) in [6.07, 6.45) is 2.36. The van der Waals surface area contributed by atoms with Gasteiger partial charge in [-0.15, -0.1) is 0 Å². The summed E-state index contributed by atoms with van der Waals surface area (Å²) < 4.78 is 10.9. The quantitative estimate of drug-likeness (QED) is 0.582. The molecule has 1 N–H and O–H groups in total. The molecule has 0 unspecified atom stereocenters. The van der Waals surface area contributed by atoms with E-state index in [2.05, 4.69) is 0 Å². The van der Waals surface area contributed by atoms with Crippen molar-refractivity contribution in [1.29, 1.82) is 0 Å². The minimum atomic E-state index is -1.30. The van der Waals surface area contributed by atoms with Crippen molar-refractivity contribution in [3.05, 3.63) is 34.9 Å². The van der Waals surface area contributed by atoms with Crippen molar-refractivity contribution in [2.24, 2.45) is 5.92 Å². The smallest absolute Gasteiger partial charge is 0.334 e. The molecule has 0 aromatic heterocycles. The van der Waals surface area contributed by atoms with E-state index in [1.54, 1.807) is 19.9 Å². The van der Waals surface area contributed by atoms with Crippen LogP contribution in [0, 0.1) is 5.92 Å². The number of ether oxygens (including phenoxy) is 2. The van der Waals surface area contributed by atoms with Gasteiger partial charge in [-0.2, -0.15) is 0 Å². The van der Waals surface area contributed by atoms with Crippen molar-refractivity contribution in [2.75, 3.05) is 0 Å². The molecule has 1 aliphatic rings. The Morgan fingerprint density at radius 3 is 2.54 bits per heavy atom.